The van der Waals surface area contributed by atoms with Crippen molar-refractivity contribution in [1.82, 2.24) is 5.32 Å². The van der Waals surface area contributed by atoms with E-state index in [0.29, 0.717) is 5.69 Å². The molecule has 1 aromatic carbocycles. The third kappa shape index (κ3) is 5.35. The normalized spacial score (nSPS) is 11.6. The zero-order valence-corrected chi connectivity index (χ0v) is 10.8. The van der Waals surface area contributed by atoms with Crippen molar-refractivity contribution in [3.63, 3.8) is 0 Å². The molecule has 0 saturated carbocycles. The molecule has 17 heavy (non-hydrogen) atoms. The van der Waals surface area contributed by atoms with Crippen molar-refractivity contribution >= 4 is 33.6 Å². The minimum atomic E-state index is -0.943. The molecule has 92 valence electrons. The molecule has 1 unspecified atom stereocenters. The molecule has 0 aliphatic carbocycles. The van der Waals surface area contributed by atoms with Gasteiger partial charge < -0.3 is 15.7 Å². The van der Waals surface area contributed by atoms with Crippen LogP contribution in [-0.4, -0.2) is 23.1 Å². The summed E-state index contributed by atoms with van der Waals surface area (Å²) in [5.41, 5.74) is 0.647. The summed E-state index contributed by atoms with van der Waals surface area (Å²) in [6, 6.07) is 6.26. The minimum absolute atomic E-state index is 0.103. The Kier molecular flexibility index (Phi) is 4.96. The fraction of sp³-hybridized carbons (Fsp3) is 0.273. The van der Waals surface area contributed by atoms with Crippen molar-refractivity contribution in [3.05, 3.63) is 28.7 Å². The van der Waals surface area contributed by atoms with Crippen LogP contribution in [0.3, 0.4) is 0 Å². The lowest BCUT2D eigenvalue weighted by Crippen LogP contribution is -2.37. The summed E-state index contributed by atoms with van der Waals surface area (Å²) in [6.07, 6.45) is -0.103. The first-order valence-corrected chi connectivity index (χ1v) is 5.81. The number of aliphatic carboxylic acids is 1. The zero-order valence-electron chi connectivity index (χ0n) is 9.24. The number of carboxylic acids is 1. The highest BCUT2D eigenvalue weighted by Gasteiger charge is 2.10. The van der Waals surface area contributed by atoms with Crippen molar-refractivity contribution in [2.45, 2.75) is 19.4 Å². The summed E-state index contributed by atoms with van der Waals surface area (Å²) in [6.45, 7) is 1.63. The van der Waals surface area contributed by atoms with Gasteiger partial charge in [-0.15, -0.1) is 0 Å². The highest BCUT2D eigenvalue weighted by Crippen LogP contribution is 2.13. The first-order valence-electron chi connectivity index (χ1n) is 5.02. The predicted molar refractivity (Wildman–Crippen MR) is 68.0 cm³/mol. The maximum absolute atomic E-state index is 11.5. The van der Waals surface area contributed by atoms with Crippen LogP contribution in [0.4, 0.5) is 10.5 Å². The van der Waals surface area contributed by atoms with Crippen LogP contribution in [0.5, 0.6) is 0 Å². The molecule has 2 amide bonds. The van der Waals surface area contributed by atoms with Gasteiger partial charge in [0.05, 0.1) is 6.42 Å². The Bertz CT molecular complexity index is 406. The number of carboxylic acid groups (broad SMARTS) is 1. The van der Waals surface area contributed by atoms with Gasteiger partial charge in [-0.25, -0.2) is 4.79 Å². The van der Waals surface area contributed by atoms with E-state index >= 15 is 0 Å². The summed E-state index contributed by atoms with van der Waals surface area (Å²) in [7, 11) is 0. The first-order chi connectivity index (χ1) is 7.97. The first kappa shape index (κ1) is 13.5. The van der Waals surface area contributed by atoms with Gasteiger partial charge in [-0.05, 0) is 31.2 Å². The van der Waals surface area contributed by atoms with Gasteiger partial charge in [-0.1, -0.05) is 15.9 Å². The smallest absolute Gasteiger partial charge is 0.319 e. The number of nitrogens with one attached hydrogen (secondary N) is 2. The van der Waals surface area contributed by atoms with E-state index in [1.54, 1.807) is 31.2 Å². The Morgan fingerprint density at radius 1 is 1.35 bits per heavy atom. The van der Waals surface area contributed by atoms with Crippen molar-refractivity contribution in [3.8, 4) is 0 Å². The number of carbonyl (C=O) groups excluding carboxylic acids is 1. The van der Waals surface area contributed by atoms with Crippen LogP contribution in [0, 0.1) is 0 Å². The summed E-state index contributed by atoms with van der Waals surface area (Å²) in [4.78, 5) is 21.9. The molecule has 0 aliphatic heterocycles. The van der Waals surface area contributed by atoms with Gasteiger partial charge >= 0.3 is 12.0 Å². The molecule has 0 spiro atoms. The van der Waals surface area contributed by atoms with Crippen LogP contribution >= 0.6 is 15.9 Å². The van der Waals surface area contributed by atoms with Gasteiger partial charge in [-0.2, -0.15) is 0 Å². The Labute approximate surface area is 107 Å². The SMILES string of the molecule is CC(CC(=O)O)NC(=O)Nc1ccc(Br)cc1. The van der Waals surface area contributed by atoms with Gasteiger partial charge in [0.2, 0.25) is 0 Å². The van der Waals surface area contributed by atoms with E-state index in [4.69, 9.17) is 5.11 Å². The van der Waals surface area contributed by atoms with E-state index in [2.05, 4.69) is 26.6 Å². The van der Waals surface area contributed by atoms with E-state index in [1.807, 2.05) is 0 Å². The number of carbonyl (C=O) groups is 2. The monoisotopic (exact) mass is 300 g/mol. The minimum Gasteiger partial charge on any atom is -0.481 e. The fourth-order valence-electron chi connectivity index (χ4n) is 1.24. The molecule has 0 fully saturated rings. The number of anilines is 1. The molecule has 0 saturated heterocycles. The molecule has 1 atom stereocenters. The van der Waals surface area contributed by atoms with Gasteiger partial charge in [0, 0.05) is 16.2 Å². The lowest BCUT2D eigenvalue weighted by molar-refractivity contribution is -0.137. The van der Waals surface area contributed by atoms with Crippen molar-refractivity contribution < 1.29 is 14.7 Å². The molecule has 0 aromatic heterocycles. The third-order valence-corrected chi connectivity index (χ3v) is 2.49. The molecule has 6 heteroatoms. The van der Waals surface area contributed by atoms with Gasteiger partial charge in [0.25, 0.3) is 0 Å². The largest absolute Gasteiger partial charge is 0.481 e. The molecule has 3 N–H and O–H groups in total. The lowest BCUT2D eigenvalue weighted by atomic mass is 10.2. The van der Waals surface area contributed by atoms with Gasteiger partial charge in [-0.3, -0.25) is 4.79 Å². The van der Waals surface area contributed by atoms with Crippen LogP contribution in [0.2, 0.25) is 0 Å². The third-order valence-electron chi connectivity index (χ3n) is 1.96. The van der Waals surface area contributed by atoms with Crippen LogP contribution in [0.1, 0.15) is 13.3 Å². The average molecular weight is 301 g/mol. The van der Waals surface area contributed by atoms with Gasteiger partial charge in [0.15, 0.2) is 0 Å². The van der Waals surface area contributed by atoms with E-state index < -0.39 is 18.0 Å². The number of amides is 2. The number of hydrogen-bond acceptors (Lipinski definition) is 2. The maximum atomic E-state index is 11.5. The Morgan fingerprint density at radius 3 is 2.47 bits per heavy atom. The number of rotatable bonds is 4. The van der Waals surface area contributed by atoms with Crippen LogP contribution in [0.15, 0.2) is 28.7 Å². The summed E-state index contributed by atoms with van der Waals surface area (Å²) < 4.78 is 0.919. The molecule has 1 rings (SSSR count). The highest BCUT2D eigenvalue weighted by atomic mass is 79.9. The predicted octanol–water partition coefficient (Wildman–Crippen LogP) is 2.43. The number of urea groups is 1. The van der Waals surface area contributed by atoms with Crippen molar-refractivity contribution in [2.75, 3.05) is 5.32 Å². The van der Waals surface area contributed by atoms with E-state index in [0.717, 1.165) is 4.47 Å². The quantitative estimate of drug-likeness (QED) is 0.799. The van der Waals surface area contributed by atoms with Crippen molar-refractivity contribution in [1.29, 1.82) is 0 Å². The molecule has 0 bridgehead atoms. The molecular formula is C11H13BrN2O3. The number of halogens is 1. The average Bonchev–Trinajstić information content (AvgIpc) is 2.19. The Morgan fingerprint density at radius 2 is 1.94 bits per heavy atom. The van der Waals surface area contributed by atoms with Crippen LogP contribution in [-0.2, 0) is 4.79 Å². The highest BCUT2D eigenvalue weighted by molar-refractivity contribution is 9.10. The van der Waals surface area contributed by atoms with E-state index in [-0.39, 0.29) is 6.42 Å². The zero-order chi connectivity index (χ0) is 12.8. The molecule has 1 aromatic rings. The Balaban J connectivity index is 2.44. The van der Waals surface area contributed by atoms with Gasteiger partial charge in [0.1, 0.15) is 0 Å². The standard InChI is InChI=1S/C11H13BrN2O3/c1-7(6-10(15)16)13-11(17)14-9-4-2-8(12)3-5-9/h2-5,7H,6H2,1H3,(H,15,16)(H2,13,14,17). The molecule has 0 radical (unpaired) electrons. The van der Waals surface area contributed by atoms with E-state index in [1.165, 1.54) is 0 Å². The second-order valence-electron chi connectivity index (χ2n) is 3.60. The molecule has 0 heterocycles. The number of benzene rings is 1. The number of hydrogen-bond donors (Lipinski definition) is 3. The summed E-state index contributed by atoms with van der Waals surface area (Å²) in [5.74, 6) is -0.943. The van der Waals surface area contributed by atoms with Crippen LogP contribution < -0.4 is 10.6 Å². The van der Waals surface area contributed by atoms with Crippen molar-refractivity contribution in [2.24, 2.45) is 0 Å². The second kappa shape index (κ2) is 6.24. The molecule has 0 aliphatic rings. The topological polar surface area (TPSA) is 78.4 Å². The maximum Gasteiger partial charge on any atom is 0.319 e. The summed E-state index contributed by atoms with van der Waals surface area (Å²) in [5, 5.41) is 13.7. The fourth-order valence-corrected chi connectivity index (χ4v) is 1.50. The molecular weight excluding hydrogens is 288 g/mol. The van der Waals surface area contributed by atoms with Crippen LogP contribution in [0.25, 0.3) is 0 Å². The summed E-state index contributed by atoms with van der Waals surface area (Å²) >= 11 is 3.29. The lowest BCUT2D eigenvalue weighted by Gasteiger charge is -2.12. The molecule has 5 nitrogen and oxygen atoms in total. The van der Waals surface area contributed by atoms with E-state index in [9.17, 15) is 9.59 Å². The second-order valence-corrected chi connectivity index (χ2v) is 4.52. The Hall–Kier alpha value is -1.56.